The zero-order valence-corrected chi connectivity index (χ0v) is 11.0. The molecule has 0 heterocycles. The molecular formula is C14H10F2O3S. The second kappa shape index (κ2) is 5.50. The highest BCUT2D eigenvalue weighted by molar-refractivity contribution is 7.91. The zero-order valence-electron chi connectivity index (χ0n) is 10.2. The number of benzene rings is 2. The highest BCUT2D eigenvalue weighted by Gasteiger charge is 2.19. The molecule has 0 saturated carbocycles. The fourth-order valence-electron chi connectivity index (χ4n) is 1.68. The van der Waals surface area contributed by atoms with Gasteiger partial charge in [-0.3, -0.25) is 0 Å². The Hall–Kier alpha value is -2.08. The van der Waals surface area contributed by atoms with Crippen LogP contribution in [0.4, 0.5) is 8.78 Å². The van der Waals surface area contributed by atoms with Gasteiger partial charge in [0.15, 0.2) is 11.6 Å². The standard InChI is InChI=1S/C14H10F2O3S/c15-13-6-5-12(9-14(13)16)20(18,19)11-3-1-10(2-4-11)7-8-17/h1-6,8-9H,7H2. The van der Waals surface area contributed by atoms with Crippen LogP contribution >= 0.6 is 0 Å². The van der Waals surface area contributed by atoms with Crippen LogP contribution in [-0.4, -0.2) is 14.7 Å². The van der Waals surface area contributed by atoms with Crippen molar-refractivity contribution in [1.29, 1.82) is 0 Å². The first-order valence-corrected chi connectivity index (χ1v) is 7.16. The summed E-state index contributed by atoms with van der Waals surface area (Å²) >= 11 is 0. The largest absolute Gasteiger partial charge is 0.303 e. The molecule has 2 rings (SSSR count). The van der Waals surface area contributed by atoms with Crippen molar-refractivity contribution in [1.82, 2.24) is 0 Å². The Morgan fingerprint density at radius 2 is 1.50 bits per heavy atom. The predicted octanol–water partition coefficient (Wildman–Crippen LogP) is 2.54. The lowest BCUT2D eigenvalue weighted by Gasteiger charge is -2.06. The molecule has 0 amide bonds. The van der Waals surface area contributed by atoms with Crippen molar-refractivity contribution in [3.05, 3.63) is 59.7 Å². The fourth-order valence-corrected chi connectivity index (χ4v) is 2.95. The summed E-state index contributed by atoms with van der Waals surface area (Å²) in [5.41, 5.74) is 0.671. The molecule has 104 valence electrons. The van der Waals surface area contributed by atoms with E-state index in [-0.39, 0.29) is 16.2 Å². The number of hydrogen-bond donors (Lipinski definition) is 0. The first-order chi connectivity index (χ1) is 9.45. The van der Waals surface area contributed by atoms with Crippen molar-refractivity contribution in [3.63, 3.8) is 0 Å². The van der Waals surface area contributed by atoms with Gasteiger partial charge in [0.2, 0.25) is 9.84 Å². The summed E-state index contributed by atoms with van der Waals surface area (Å²) < 4.78 is 50.4. The van der Waals surface area contributed by atoms with E-state index < -0.39 is 21.5 Å². The van der Waals surface area contributed by atoms with Gasteiger partial charge in [0.05, 0.1) is 9.79 Å². The maximum Gasteiger partial charge on any atom is 0.206 e. The molecule has 0 atom stereocenters. The molecule has 0 fully saturated rings. The fraction of sp³-hybridized carbons (Fsp3) is 0.0714. The Labute approximate surface area is 114 Å². The summed E-state index contributed by atoms with van der Waals surface area (Å²) in [5, 5.41) is 0. The Morgan fingerprint density at radius 1 is 0.900 bits per heavy atom. The molecule has 0 bridgehead atoms. The Kier molecular flexibility index (Phi) is 3.94. The predicted molar refractivity (Wildman–Crippen MR) is 68.0 cm³/mol. The third-order valence-electron chi connectivity index (χ3n) is 2.75. The van der Waals surface area contributed by atoms with E-state index in [1.165, 1.54) is 24.3 Å². The van der Waals surface area contributed by atoms with Gasteiger partial charge in [-0.05, 0) is 35.9 Å². The van der Waals surface area contributed by atoms with E-state index in [1.54, 1.807) is 0 Å². The van der Waals surface area contributed by atoms with Crippen molar-refractivity contribution >= 4 is 16.1 Å². The molecule has 3 nitrogen and oxygen atoms in total. The van der Waals surface area contributed by atoms with Crippen molar-refractivity contribution in [2.24, 2.45) is 0 Å². The quantitative estimate of drug-likeness (QED) is 0.643. The van der Waals surface area contributed by atoms with E-state index in [2.05, 4.69) is 0 Å². The van der Waals surface area contributed by atoms with Gasteiger partial charge < -0.3 is 4.79 Å². The number of halogens is 2. The lowest BCUT2D eigenvalue weighted by Crippen LogP contribution is -2.03. The molecule has 6 heteroatoms. The summed E-state index contributed by atoms with van der Waals surface area (Å²) in [5.74, 6) is -2.33. The lowest BCUT2D eigenvalue weighted by molar-refractivity contribution is -0.107. The summed E-state index contributed by atoms with van der Waals surface area (Å²) in [6, 6.07) is 8.08. The van der Waals surface area contributed by atoms with Gasteiger partial charge in [0.1, 0.15) is 6.29 Å². The summed E-state index contributed by atoms with van der Waals surface area (Å²) in [6.45, 7) is 0. The van der Waals surface area contributed by atoms with Crippen LogP contribution < -0.4 is 0 Å². The number of aldehydes is 1. The maximum absolute atomic E-state index is 13.1. The molecular weight excluding hydrogens is 286 g/mol. The second-order valence-corrected chi connectivity index (χ2v) is 6.04. The molecule has 2 aromatic carbocycles. The van der Waals surface area contributed by atoms with Gasteiger partial charge in [-0.15, -0.1) is 0 Å². The molecule has 2 aromatic rings. The summed E-state index contributed by atoms with van der Waals surface area (Å²) in [4.78, 5) is 9.99. The van der Waals surface area contributed by atoms with Crippen LogP contribution in [-0.2, 0) is 21.1 Å². The van der Waals surface area contributed by atoms with Crippen molar-refractivity contribution in [2.45, 2.75) is 16.2 Å². The average molecular weight is 296 g/mol. The van der Waals surface area contributed by atoms with Crippen LogP contribution in [0.5, 0.6) is 0 Å². The molecule has 0 N–H and O–H groups in total. The van der Waals surface area contributed by atoms with E-state index in [4.69, 9.17) is 0 Å². The molecule has 0 aromatic heterocycles. The van der Waals surface area contributed by atoms with E-state index in [1.807, 2.05) is 0 Å². The molecule has 0 spiro atoms. The summed E-state index contributed by atoms with van der Waals surface area (Å²) in [7, 11) is -3.90. The van der Waals surface area contributed by atoms with Crippen molar-refractivity contribution in [2.75, 3.05) is 0 Å². The lowest BCUT2D eigenvalue weighted by atomic mass is 10.2. The van der Waals surface area contributed by atoms with E-state index in [9.17, 15) is 22.0 Å². The highest BCUT2D eigenvalue weighted by atomic mass is 32.2. The van der Waals surface area contributed by atoms with Crippen LogP contribution in [0.15, 0.2) is 52.3 Å². The zero-order chi connectivity index (χ0) is 14.8. The van der Waals surface area contributed by atoms with E-state index in [0.717, 1.165) is 12.1 Å². The van der Waals surface area contributed by atoms with Crippen LogP contribution in [0.25, 0.3) is 0 Å². The highest BCUT2D eigenvalue weighted by Crippen LogP contribution is 2.22. The number of hydrogen-bond acceptors (Lipinski definition) is 3. The van der Waals surface area contributed by atoms with Crippen LogP contribution in [0, 0.1) is 11.6 Å². The molecule has 0 unspecified atom stereocenters. The van der Waals surface area contributed by atoms with Gasteiger partial charge in [-0.1, -0.05) is 12.1 Å². The van der Waals surface area contributed by atoms with Crippen LogP contribution in [0.3, 0.4) is 0 Å². The van der Waals surface area contributed by atoms with E-state index in [0.29, 0.717) is 17.9 Å². The smallest absolute Gasteiger partial charge is 0.206 e. The average Bonchev–Trinajstić information content (AvgIpc) is 2.43. The van der Waals surface area contributed by atoms with Gasteiger partial charge in [-0.25, -0.2) is 17.2 Å². The van der Waals surface area contributed by atoms with Gasteiger partial charge in [-0.2, -0.15) is 0 Å². The van der Waals surface area contributed by atoms with Gasteiger partial charge >= 0.3 is 0 Å². The van der Waals surface area contributed by atoms with Crippen LogP contribution in [0.2, 0.25) is 0 Å². The molecule has 0 saturated heterocycles. The third-order valence-corrected chi connectivity index (χ3v) is 4.52. The molecule has 0 aliphatic carbocycles. The first kappa shape index (κ1) is 14.3. The van der Waals surface area contributed by atoms with Gasteiger partial charge in [0, 0.05) is 6.42 Å². The van der Waals surface area contributed by atoms with E-state index >= 15 is 0 Å². The topological polar surface area (TPSA) is 51.2 Å². The van der Waals surface area contributed by atoms with Gasteiger partial charge in [0.25, 0.3) is 0 Å². The van der Waals surface area contributed by atoms with Crippen molar-refractivity contribution in [3.8, 4) is 0 Å². The summed E-state index contributed by atoms with van der Waals surface area (Å²) in [6.07, 6.45) is 0.893. The minimum absolute atomic E-state index is 0.0434. The maximum atomic E-state index is 13.1. The first-order valence-electron chi connectivity index (χ1n) is 5.68. The number of carbonyl (C=O) groups is 1. The molecule has 0 aliphatic heterocycles. The minimum Gasteiger partial charge on any atom is -0.303 e. The number of carbonyl (C=O) groups excluding carboxylic acids is 1. The Bertz CT molecular complexity index is 738. The van der Waals surface area contributed by atoms with Crippen molar-refractivity contribution < 1.29 is 22.0 Å². The Morgan fingerprint density at radius 3 is 2.05 bits per heavy atom. The minimum atomic E-state index is -3.90. The molecule has 0 aliphatic rings. The number of rotatable bonds is 4. The third kappa shape index (κ3) is 2.75. The molecule has 0 radical (unpaired) electrons. The van der Waals surface area contributed by atoms with Crippen LogP contribution in [0.1, 0.15) is 5.56 Å². The number of sulfone groups is 1. The second-order valence-electron chi connectivity index (χ2n) is 4.09. The SMILES string of the molecule is O=CCc1ccc(S(=O)(=O)c2ccc(F)c(F)c2)cc1. The molecule has 20 heavy (non-hydrogen) atoms. The Balaban J connectivity index is 2.43. The monoisotopic (exact) mass is 296 g/mol. The normalized spacial score (nSPS) is 11.3.